The molecule has 3 aromatic rings. The highest BCUT2D eigenvalue weighted by atomic mass is 16.5. The van der Waals surface area contributed by atoms with E-state index in [1.165, 1.54) is 0 Å². The number of benzene rings is 2. The lowest BCUT2D eigenvalue weighted by Gasteiger charge is -2.13. The predicted molar refractivity (Wildman–Crippen MR) is 101 cm³/mol. The second-order valence-electron chi connectivity index (χ2n) is 5.31. The molecule has 0 aliphatic heterocycles. The highest BCUT2D eigenvalue weighted by Crippen LogP contribution is 2.31. The van der Waals surface area contributed by atoms with E-state index in [0.717, 1.165) is 22.9 Å². The van der Waals surface area contributed by atoms with E-state index in [0.29, 0.717) is 17.5 Å². The third-order valence-corrected chi connectivity index (χ3v) is 3.65. The van der Waals surface area contributed by atoms with Crippen molar-refractivity contribution in [1.29, 1.82) is 0 Å². The number of rotatable bonds is 7. The zero-order valence-electron chi connectivity index (χ0n) is 14.8. The van der Waals surface area contributed by atoms with Gasteiger partial charge in [-0.25, -0.2) is 4.98 Å². The van der Waals surface area contributed by atoms with Crippen LogP contribution in [0.5, 0.6) is 17.2 Å². The van der Waals surface area contributed by atoms with Crippen molar-refractivity contribution in [2.75, 3.05) is 32.0 Å². The highest BCUT2D eigenvalue weighted by Gasteiger charge is 2.07. The Morgan fingerprint density at radius 1 is 0.808 bits per heavy atom. The van der Waals surface area contributed by atoms with Gasteiger partial charge in [0, 0.05) is 24.0 Å². The molecule has 1 aromatic heterocycles. The van der Waals surface area contributed by atoms with Gasteiger partial charge in [-0.2, -0.15) is 4.98 Å². The first-order chi connectivity index (χ1) is 12.7. The number of anilines is 4. The van der Waals surface area contributed by atoms with Gasteiger partial charge in [-0.15, -0.1) is 0 Å². The average Bonchev–Trinajstić information content (AvgIpc) is 2.68. The van der Waals surface area contributed by atoms with Crippen LogP contribution < -0.4 is 24.8 Å². The van der Waals surface area contributed by atoms with E-state index < -0.39 is 0 Å². The van der Waals surface area contributed by atoms with Crippen LogP contribution in [0.25, 0.3) is 0 Å². The van der Waals surface area contributed by atoms with E-state index in [-0.39, 0.29) is 0 Å². The molecule has 1 heterocycles. The molecule has 0 amide bonds. The fraction of sp³-hybridized carbons (Fsp3) is 0.158. The quantitative estimate of drug-likeness (QED) is 0.666. The minimum absolute atomic E-state index is 0.463. The van der Waals surface area contributed by atoms with E-state index >= 15 is 0 Å². The number of hydrogen-bond donors (Lipinski definition) is 2. The Balaban J connectivity index is 1.81. The molecule has 134 valence electrons. The molecule has 2 N–H and O–H groups in total. The Bertz CT molecular complexity index is 886. The van der Waals surface area contributed by atoms with Gasteiger partial charge in [0.2, 0.25) is 5.95 Å². The van der Waals surface area contributed by atoms with Gasteiger partial charge in [-0.3, -0.25) is 0 Å². The second-order valence-corrected chi connectivity index (χ2v) is 5.31. The highest BCUT2D eigenvalue weighted by molar-refractivity contribution is 5.67. The van der Waals surface area contributed by atoms with Crippen LogP contribution in [0.2, 0.25) is 0 Å². The Kier molecular flexibility index (Phi) is 5.38. The van der Waals surface area contributed by atoms with Gasteiger partial charge in [0.25, 0.3) is 0 Å². The van der Waals surface area contributed by atoms with E-state index in [2.05, 4.69) is 20.6 Å². The van der Waals surface area contributed by atoms with Crippen LogP contribution in [-0.4, -0.2) is 31.3 Å². The Labute approximate surface area is 152 Å². The minimum atomic E-state index is 0.463. The maximum absolute atomic E-state index is 5.38. The molecule has 3 rings (SSSR count). The van der Waals surface area contributed by atoms with Crippen molar-refractivity contribution in [3.63, 3.8) is 0 Å². The summed E-state index contributed by atoms with van der Waals surface area (Å²) >= 11 is 0. The summed E-state index contributed by atoms with van der Waals surface area (Å²) in [5, 5.41) is 6.38. The summed E-state index contributed by atoms with van der Waals surface area (Å²) in [4.78, 5) is 8.73. The molecule has 2 aromatic carbocycles. The summed E-state index contributed by atoms with van der Waals surface area (Å²) in [6.07, 6.45) is 1.67. The van der Waals surface area contributed by atoms with Crippen LogP contribution in [0.1, 0.15) is 0 Å². The van der Waals surface area contributed by atoms with Crippen LogP contribution in [-0.2, 0) is 0 Å². The molecule has 0 fully saturated rings. The molecule has 0 aliphatic rings. The van der Waals surface area contributed by atoms with Crippen LogP contribution in [0, 0.1) is 0 Å². The summed E-state index contributed by atoms with van der Waals surface area (Å²) < 4.78 is 15.9. The summed E-state index contributed by atoms with van der Waals surface area (Å²) in [6, 6.07) is 14.8. The SMILES string of the molecule is COc1cccc(Nc2nccc(Nc3cc(OC)ccc3OC)n2)c1. The summed E-state index contributed by atoms with van der Waals surface area (Å²) in [6.45, 7) is 0. The van der Waals surface area contributed by atoms with Gasteiger partial charge >= 0.3 is 0 Å². The molecule has 0 saturated heterocycles. The third-order valence-electron chi connectivity index (χ3n) is 3.65. The van der Waals surface area contributed by atoms with Crippen LogP contribution in [0.4, 0.5) is 23.1 Å². The van der Waals surface area contributed by atoms with Crippen molar-refractivity contribution in [2.24, 2.45) is 0 Å². The van der Waals surface area contributed by atoms with Gasteiger partial charge < -0.3 is 24.8 Å². The zero-order valence-corrected chi connectivity index (χ0v) is 14.8. The Morgan fingerprint density at radius 3 is 2.38 bits per heavy atom. The summed E-state index contributed by atoms with van der Waals surface area (Å²) in [5.74, 6) is 3.25. The zero-order chi connectivity index (χ0) is 18.4. The van der Waals surface area contributed by atoms with Crippen LogP contribution in [0.15, 0.2) is 54.7 Å². The van der Waals surface area contributed by atoms with E-state index in [1.54, 1.807) is 33.6 Å². The van der Waals surface area contributed by atoms with Crippen LogP contribution >= 0.6 is 0 Å². The number of ether oxygens (including phenoxy) is 3. The average molecular weight is 352 g/mol. The number of nitrogens with zero attached hydrogens (tertiary/aromatic N) is 2. The third kappa shape index (κ3) is 4.13. The van der Waals surface area contributed by atoms with Crippen molar-refractivity contribution in [1.82, 2.24) is 9.97 Å². The van der Waals surface area contributed by atoms with E-state index in [9.17, 15) is 0 Å². The fourth-order valence-corrected chi connectivity index (χ4v) is 2.37. The molecule has 7 nitrogen and oxygen atoms in total. The fourth-order valence-electron chi connectivity index (χ4n) is 2.37. The number of methoxy groups -OCH3 is 3. The van der Waals surface area contributed by atoms with Gasteiger partial charge in [-0.1, -0.05) is 6.07 Å². The molecule has 0 atom stereocenters. The first-order valence-corrected chi connectivity index (χ1v) is 7.95. The second kappa shape index (κ2) is 8.06. The predicted octanol–water partition coefficient (Wildman–Crippen LogP) is 3.99. The lowest BCUT2D eigenvalue weighted by Crippen LogP contribution is -2.01. The van der Waals surface area contributed by atoms with Crippen molar-refractivity contribution in [2.45, 2.75) is 0 Å². The first-order valence-electron chi connectivity index (χ1n) is 7.95. The summed E-state index contributed by atoms with van der Waals surface area (Å²) in [7, 11) is 4.86. The standard InChI is InChI=1S/C19H20N4O3/c1-24-14-6-4-5-13(11-14)21-19-20-10-9-18(23-19)22-16-12-15(25-2)7-8-17(16)26-3/h4-12H,1-3H3,(H2,20,21,22,23). The first kappa shape index (κ1) is 17.3. The molecular formula is C19H20N4O3. The van der Waals surface area contributed by atoms with Crippen molar-refractivity contribution in [3.05, 3.63) is 54.7 Å². The molecular weight excluding hydrogens is 332 g/mol. The molecule has 7 heteroatoms. The monoisotopic (exact) mass is 352 g/mol. The lowest BCUT2D eigenvalue weighted by molar-refractivity contribution is 0.405. The molecule has 26 heavy (non-hydrogen) atoms. The van der Waals surface area contributed by atoms with Crippen molar-refractivity contribution in [3.8, 4) is 17.2 Å². The Hall–Kier alpha value is -3.48. The lowest BCUT2D eigenvalue weighted by atomic mass is 10.2. The van der Waals surface area contributed by atoms with E-state index in [1.807, 2.05) is 42.5 Å². The normalized spacial score (nSPS) is 10.1. The molecule has 0 unspecified atom stereocenters. The molecule has 0 radical (unpaired) electrons. The maximum Gasteiger partial charge on any atom is 0.229 e. The Morgan fingerprint density at radius 2 is 1.62 bits per heavy atom. The van der Waals surface area contributed by atoms with Gasteiger partial charge in [0.1, 0.15) is 23.1 Å². The number of hydrogen-bond acceptors (Lipinski definition) is 7. The van der Waals surface area contributed by atoms with Crippen molar-refractivity contribution >= 4 is 23.1 Å². The topological polar surface area (TPSA) is 77.5 Å². The molecule has 0 spiro atoms. The number of aromatic nitrogens is 2. The van der Waals surface area contributed by atoms with Crippen molar-refractivity contribution < 1.29 is 14.2 Å². The number of nitrogens with one attached hydrogen (secondary N) is 2. The maximum atomic E-state index is 5.38. The van der Waals surface area contributed by atoms with Gasteiger partial charge in [0.05, 0.1) is 27.0 Å². The molecule has 0 saturated carbocycles. The molecule has 0 aliphatic carbocycles. The van der Waals surface area contributed by atoms with Gasteiger partial charge in [-0.05, 0) is 30.3 Å². The van der Waals surface area contributed by atoms with Crippen LogP contribution in [0.3, 0.4) is 0 Å². The molecule has 0 bridgehead atoms. The van der Waals surface area contributed by atoms with Gasteiger partial charge in [0.15, 0.2) is 0 Å². The largest absolute Gasteiger partial charge is 0.497 e. The minimum Gasteiger partial charge on any atom is -0.497 e. The van der Waals surface area contributed by atoms with E-state index in [4.69, 9.17) is 14.2 Å². The summed E-state index contributed by atoms with van der Waals surface area (Å²) in [5.41, 5.74) is 1.58. The smallest absolute Gasteiger partial charge is 0.229 e.